The fraction of sp³-hybridized carbons (Fsp3) is 0.429. The van der Waals surface area contributed by atoms with E-state index in [0.29, 0.717) is 30.3 Å². The van der Waals surface area contributed by atoms with Crippen molar-refractivity contribution < 1.29 is 13.5 Å². The smallest absolute Gasteiger partial charge is 0.243 e. The van der Waals surface area contributed by atoms with Gasteiger partial charge in [0.2, 0.25) is 10.0 Å². The van der Waals surface area contributed by atoms with E-state index in [9.17, 15) is 13.5 Å². The first kappa shape index (κ1) is 21.9. The Bertz CT molecular complexity index is 792. The predicted molar refractivity (Wildman–Crippen MR) is 110 cm³/mol. The molecule has 2 aromatic rings. The van der Waals surface area contributed by atoms with E-state index in [1.54, 1.807) is 12.1 Å². The minimum absolute atomic E-state index is 0.0878. The average molecular weight is 410 g/mol. The van der Waals surface area contributed by atoms with Crippen molar-refractivity contribution in [2.45, 2.75) is 44.1 Å². The summed E-state index contributed by atoms with van der Waals surface area (Å²) in [6.07, 6.45) is 1.23. The number of hydrogen-bond donors (Lipinski definition) is 1. The summed E-state index contributed by atoms with van der Waals surface area (Å²) < 4.78 is 27.5. The van der Waals surface area contributed by atoms with Crippen molar-refractivity contribution in [3.8, 4) is 0 Å². The Morgan fingerprint density at radius 1 is 1.00 bits per heavy atom. The van der Waals surface area contributed by atoms with E-state index < -0.39 is 16.1 Å². The number of hydrogen-bond acceptors (Lipinski definition) is 3. The van der Waals surface area contributed by atoms with Crippen molar-refractivity contribution in [3.05, 3.63) is 65.2 Å². The van der Waals surface area contributed by atoms with Gasteiger partial charge in [0.25, 0.3) is 0 Å². The molecule has 2 rings (SSSR count). The summed E-state index contributed by atoms with van der Waals surface area (Å²) >= 11 is 5.88. The Morgan fingerprint density at radius 2 is 1.63 bits per heavy atom. The van der Waals surface area contributed by atoms with Crippen molar-refractivity contribution in [3.63, 3.8) is 0 Å². The molecule has 1 atom stereocenters. The highest BCUT2D eigenvalue weighted by molar-refractivity contribution is 7.89. The van der Waals surface area contributed by atoms with E-state index >= 15 is 0 Å². The number of benzene rings is 2. The Labute approximate surface area is 167 Å². The van der Waals surface area contributed by atoms with Crippen LogP contribution in [0.3, 0.4) is 0 Å². The summed E-state index contributed by atoms with van der Waals surface area (Å²) in [6, 6.07) is 16.0. The number of halogens is 1. The molecule has 0 amide bonds. The van der Waals surface area contributed by atoms with Crippen molar-refractivity contribution in [1.29, 1.82) is 0 Å². The highest BCUT2D eigenvalue weighted by Crippen LogP contribution is 2.20. The Hall–Kier alpha value is -1.40. The number of aliphatic hydroxyl groups excluding tert-OH is 1. The topological polar surface area (TPSA) is 57.6 Å². The van der Waals surface area contributed by atoms with Crippen molar-refractivity contribution in [2.24, 2.45) is 5.92 Å². The third-order valence-electron chi connectivity index (χ3n) is 4.43. The molecule has 27 heavy (non-hydrogen) atoms. The molecule has 0 radical (unpaired) electrons. The Morgan fingerprint density at radius 3 is 2.22 bits per heavy atom. The van der Waals surface area contributed by atoms with Crippen LogP contribution in [0.2, 0.25) is 5.02 Å². The number of aliphatic hydroxyl groups is 1. The molecule has 0 fully saturated rings. The van der Waals surface area contributed by atoms with Gasteiger partial charge in [0.05, 0.1) is 11.0 Å². The summed E-state index contributed by atoms with van der Waals surface area (Å²) in [5.41, 5.74) is 1.13. The normalized spacial score (nSPS) is 13.3. The molecule has 0 unspecified atom stereocenters. The summed E-state index contributed by atoms with van der Waals surface area (Å²) in [7, 11) is -3.68. The van der Waals surface area contributed by atoms with Gasteiger partial charge >= 0.3 is 0 Å². The van der Waals surface area contributed by atoms with Crippen LogP contribution >= 0.6 is 11.6 Å². The number of rotatable bonds is 10. The van der Waals surface area contributed by atoms with E-state index in [0.717, 1.165) is 12.0 Å². The summed E-state index contributed by atoms with van der Waals surface area (Å²) in [5, 5.41) is 11.0. The SMILES string of the molecule is CC(C)CCN(C[C@H](O)CCc1ccccc1)S(=O)(=O)c1ccc(Cl)cc1. The lowest BCUT2D eigenvalue weighted by Gasteiger charge is -2.25. The molecule has 0 heterocycles. The molecule has 0 aliphatic heterocycles. The first-order valence-electron chi connectivity index (χ1n) is 9.26. The molecule has 0 aliphatic carbocycles. The zero-order valence-electron chi connectivity index (χ0n) is 15.9. The standard InChI is InChI=1S/C21H28ClNO3S/c1-17(2)14-15-23(27(25,26)21-12-9-19(22)10-13-21)16-20(24)11-8-18-6-4-3-5-7-18/h3-7,9-10,12-13,17,20,24H,8,11,14-16H2,1-2H3/t20-/m1/s1. The van der Waals surface area contributed by atoms with Gasteiger partial charge in [0.15, 0.2) is 0 Å². The second-order valence-electron chi connectivity index (χ2n) is 7.18. The summed E-state index contributed by atoms with van der Waals surface area (Å²) in [6.45, 7) is 4.58. The lowest BCUT2D eigenvalue weighted by molar-refractivity contribution is 0.135. The molecule has 6 heteroatoms. The van der Waals surface area contributed by atoms with Crippen LogP contribution in [0.5, 0.6) is 0 Å². The third-order valence-corrected chi connectivity index (χ3v) is 6.56. The molecule has 148 valence electrons. The van der Waals surface area contributed by atoms with E-state index in [1.165, 1.54) is 16.4 Å². The fourth-order valence-corrected chi connectivity index (χ4v) is 4.39. The highest BCUT2D eigenvalue weighted by Gasteiger charge is 2.26. The maximum Gasteiger partial charge on any atom is 0.243 e. The van der Waals surface area contributed by atoms with Crippen molar-refractivity contribution in [2.75, 3.05) is 13.1 Å². The van der Waals surface area contributed by atoms with Gasteiger partial charge < -0.3 is 5.11 Å². The monoisotopic (exact) mass is 409 g/mol. The number of aryl methyl sites for hydroxylation is 1. The van der Waals surface area contributed by atoms with Gasteiger partial charge in [-0.15, -0.1) is 0 Å². The fourth-order valence-electron chi connectivity index (χ4n) is 2.77. The molecule has 2 aromatic carbocycles. The number of nitrogens with zero attached hydrogens (tertiary/aromatic N) is 1. The second-order valence-corrected chi connectivity index (χ2v) is 9.55. The van der Waals surface area contributed by atoms with Crippen LogP contribution < -0.4 is 0 Å². The Balaban J connectivity index is 2.09. The van der Waals surface area contributed by atoms with Crippen LogP contribution in [0.1, 0.15) is 32.3 Å². The minimum Gasteiger partial charge on any atom is -0.392 e. The summed E-state index contributed by atoms with van der Waals surface area (Å²) in [5.74, 6) is 0.370. The average Bonchev–Trinajstić information content (AvgIpc) is 2.64. The zero-order chi connectivity index (χ0) is 19.9. The molecule has 0 spiro atoms. The molecule has 0 aliphatic rings. The molecular weight excluding hydrogens is 382 g/mol. The van der Waals surface area contributed by atoms with Crippen LogP contribution in [0.15, 0.2) is 59.5 Å². The lowest BCUT2D eigenvalue weighted by Crippen LogP contribution is -2.38. The zero-order valence-corrected chi connectivity index (χ0v) is 17.5. The van der Waals surface area contributed by atoms with Gasteiger partial charge in [0, 0.05) is 18.1 Å². The summed E-state index contributed by atoms with van der Waals surface area (Å²) in [4.78, 5) is 0.200. The van der Waals surface area contributed by atoms with E-state index in [1.807, 2.05) is 30.3 Å². The van der Waals surface area contributed by atoms with E-state index in [2.05, 4.69) is 13.8 Å². The van der Waals surface area contributed by atoms with Gasteiger partial charge in [-0.3, -0.25) is 0 Å². The number of sulfonamides is 1. The van der Waals surface area contributed by atoms with Crippen LogP contribution in [-0.2, 0) is 16.4 Å². The predicted octanol–water partition coefficient (Wildman–Crippen LogP) is 4.37. The van der Waals surface area contributed by atoms with Gasteiger partial charge in [-0.2, -0.15) is 4.31 Å². The second kappa shape index (κ2) is 10.2. The van der Waals surface area contributed by atoms with Crippen molar-refractivity contribution in [1.82, 2.24) is 4.31 Å². The van der Waals surface area contributed by atoms with Gasteiger partial charge in [-0.25, -0.2) is 8.42 Å². The van der Waals surface area contributed by atoms with E-state index in [4.69, 9.17) is 11.6 Å². The van der Waals surface area contributed by atoms with Gasteiger partial charge in [-0.1, -0.05) is 55.8 Å². The maximum absolute atomic E-state index is 13.0. The lowest BCUT2D eigenvalue weighted by atomic mass is 10.1. The van der Waals surface area contributed by atoms with Gasteiger partial charge in [-0.05, 0) is 55.0 Å². The molecular formula is C21H28ClNO3S. The van der Waals surface area contributed by atoms with E-state index in [-0.39, 0.29) is 11.4 Å². The van der Waals surface area contributed by atoms with Crippen LogP contribution in [0, 0.1) is 5.92 Å². The maximum atomic E-state index is 13.0. The molecule has 0 bridgehead atoms. The molecule has 4 nitrogen and oxygen atoms in total. The first-order valence-corrected chi connectivity index (χ1v) is 11.1. The highest BCUT2D eigenvalue weighted by atomic mass is 35.5. The minimum atomic E-state index is -3.68. The molecule has 0 aromatic heterocycles. The van der Waals surface area contributed by atoms with Crippen LogP contribution in [-0.4, -0.2) is 37.0 Å². The largest absolute Gasteiger partial charge is 0.392 e. The van der Waals surface area contributed by atoms with Crippen LogP contribution in [0.25, 0.3) is 0 Å². The molecule has 0 saturated carbocycles. The van der Waals surface area contributed by atoms with Gasteiger partial charge in [0.1, 0.15) is 0 Å². The third kappa shape index (κ3) is 6.92. The molecule has 1 N–H and O–H groups in total. The van der Waals surface area contributed by atoms with Crippen molar-refractivity contribution >= 4 is 21.6 Å². The van der Waals surface area contributed by atoms with Crippen LogP contribution in [0.4, 0.5) is 0 Å². The quantitative estimate of drug-likeness (QED) is 0.633. The Kier molecular flexibility index (Phi) is 8.29. The molecule has 0 saturated heterocycles. The first-order chi connectivity index (χ1) is 12.8.